The molecule has 0 atom stereocenters. The van der Waals surface area contributed by atoms with Gasteiger partial charge in [0.2, 0.25) is 5.36 Å². The highest BCUT2D eigenvalue weighted by molar-refractivity contribution is 6.53. The molecule has 0 unspecified atom stereocenters. The standard InChI is InChI=1S/C38H34Cl4N2O3/c1-17-15-37(3,4)43-11-7-9-19-32(43)21(17)13-23-25(26-27(36(45)46)29(40)31(42)30(41)28(26)39)24-14-22-18(2)16-38(5,6)44-12-8-10-20(33(22)44)35(24)47-34(19)23/h13-16H,7-12H2,1-6H3/p+1. The lowest BCUT2D eigenvalue weighted by molar-refractivity contribution is 0.0696. The van der Waals surface area contributed by atoms with Gasteiger partial charge in [-0.3, -0.25) is 0 Å². The summed E-state index contributed by atoms with van der Waals surface area (Å²) < 4.78 is 9.69. The molecule has 0 saturated heterocycles. The van der Waals surface area contributed by atoms with E-state index in [0.29, 0.717) is 5.57 Å². The van der Waals surface area contributed by atoms with E-state index in [0.717, 1.165) is 94.5 Å². The first-order chi connectivity index (χ1) is 22.1. The fourth-order valence-electron chi connectivity index (χ4n) is 8.87. The number of benzene rings is 3. The van der Waals surface area contributed by atoms with Crippen LogP contribution in [0.5, 0.6) is 11.5 Å². The highest BCUT2D eigenvalue weighted by Crippen LogP contribution is 2.54. The average Bonchev–Trinajstić information content (AvgIpc) is 3.01. The van der Waals surface area contributed by atoms with E-state index < -0.39 is 5.97 Å². The van der Waals surface area contributed by atoms with E-state index in [1.165, 1.54) is 11.0 Å². The van der Waals surface area contributed by atoms with Gasteiger partial charge in [0.1, 0.15) is 18.0 Å². The van der Waals surface area contributed by atoms with Crippen LogP contribution in [0.4, 0.5) is 5.69 Å². The Morgan fingerprint density at radius 1 is 0.851 bits per heavy atom. The highest BCUT2D eigenvalue weighted by Gasteiger charge is 2.43. The maximum Gasteiger partial charge on any atom is 0.337 e. The number of fused-ring (bicyclic) bond motifs is 4. The first kappa shape index (κ1) is 31.3. The van der Waals surface area contributed by atoms with E-state index in [1.54, 1.807) is 0 Å². The third kappa shape index (κ3) is 4.22. The van der Waals surface area contributed by atoms with Crippen molar-refractivity contribution in [2.24, 2.45) is 0 Å². The number of carboxylic acids is 1. The van der Waals surface area contributed by atoms with Gasteiger partial charge in [0.15, 0.2) is 5.54 Å². The van der Waals surface area contributed by atoms with Gasteiger partial charge in [0.25, 0.3) is 0 Å². The number of rotatable bonds is 2. The summed E-state index contributed by atoms with van der Waals surface area (Å²) in [5.74, 6) is 0.248. The minimum Gasteiger partial charge on any atom is -0.478 e. The minimum atomic E-state index is -1.24. The molecule has 3 aromatic carbocycles. The van der Waals surface area contributed by atoms with Gasteiger partial charge in [0, 0.05) is 65.4 Å². The third-order valence-electron chi connectivity index (χ3n) is 10.7. The Balaban J connectivity index is 1.62. The fraction of sp³-hybridized carbons (Fsp3) is 0.368. The van der Waals surface area contributed by atoms with Crippen LogP contribution in [0, 0.1) is 0 Å². The van der Waals surface area contributed by atoms with Crippen LogP contribution in [-0.4, -0.2) is 35.2 Å². The Morgan fingerprint density at radius 3 is 2.26 bits per heavy atom. The number of ether oxygens (including phenoxy) is 1. The van der Waals surface area contributed by atoms with Gasteiger partial charge in [-0.15, -0.1) is 0 Å². The van der Waals surface area contributed by atoms with Crippen LogP contribution in [0.3, 0.4) is 0 Å². The van der Waals surface area contributed by atoms with Crippen LogP contribution in [0.1, 0.15) is 98.1 Å². The van der Waals surface area contributed by atoms with Gasteiger partial charge in [0.05, 0.1) is 42.4 Å². The van der Waals surface area contributed by atoms with E-state index in [4.69, 9.17) is 51.1 Å². The topological polar surface area (TPSA) is 52.8 Å². The maximum atomic E-state index is 13.1. The van der Waals surface area contributed by atoms with Crippen LogP contribution in [0.2, 0.25) is 20.1 Å². The number of halogens is 4. The number of anilines is 1. The van der Waals surface area contributed by atoms with Crippen LogP contribution in [0.25, 0.3) is 16.7 Å². The highest BCUT2D eigenvalue weighted by atomic mass is 35.5. The second kappa shape index (κ2) is 10.3. The molecule has 0 radical (unpaired) electrons. The molecular formula is C38H35Cl4N2O3+. The van der Waals surface area contributed by atoms with E-state index >= 15 is 0 Å². The average molecular weight is 710 g/mol. The van der Waals surface area contributed by atoms with Gasteiger partial charge < -0.3 is 14.7 Å². The molecule has 0 spiro atoms. The van der Waals surface area contributed by atoms with Crippen molar-refractivity contribution in [2.45, 2.75) is 78.3 Å². The molecule has 0 aromatic heterocycles. The lowest BCUT2D eigenvalue weighted by Crippen LogP contribution is -2.53. The Kier molecular flexibility index (Phi) is 6.85. The minimum absolute atomic E-state index is 0.0204. The molecule has 5 heterocycles. The number of hydrogen-bond donors (Lipinski definition) is 1. The van der Waals surface area contributed by atoms with Gasteiger partial charge in [-0.2, -0.15) is 0 Å². The SMILES string of the molecule is CC1=CC(C)(C)N2CCCc3c4c(cc1c32)C(c1c(Cl)c(Cl)c(Cl)c(Cl)c1C(=O)O)=c1cc2c3c(c1O4)CCC[N+]=3C(C)(C)C=C2C. The molecule has 5 nitrogen and oxygen atoms in total. The maximum absolute atomic E-state index is 13.1. The number of carboxylic acid groups (broad SMARTS) is 1. The molecule has 0 saturated carbocycles. The fourth-order valence-corrected chi connectivity index (χ4v) is 9.89. The Hall–Kier alpha value is -2.96. The molecule has 1 N–H and O–H groups in total. The summed E-state index contributed by atoms with van der Waals surface area (Å²) in [6.45, 7) is 15.2. The quantitative estimate of drug-likeness (QED) is 0.128. The third-order valence-corrected chi connectivity index (χ3v) is 12.5. The molecule has 5 aliphatic heterocycles. The van der Waals surface area contributed by atoms with Crippen molar-refractivity contribution in [3.63, 3.8) is 0 Å². The van der Waals surface area contributed by atoms with Gasteiger partial charge >= 0.3 is 5.97 Å². The second-order valence-electron chi connectivity index (χ2n) is 14.5. The van der Waals surface area contributed by atoms with Crippen molar-refractivity contribution in [3.05, 3.63) is 93.9 Å². The molecule has 9 heteroatoms. The number of aromatic carboxylic acids is 1. The Labute approximate surface area is 294 Å². The van der Waals surface area contributed by atoms with Crippen LogP contribution < -0.4 is 24.8 Å². The zero-order valence-corrected chi connectivity index (χ0v) is 30.2. The van der Waals surface area contributed by atoms with E-state index in [9.17, 15) is 9.90 Å². The largest absolute Gasteiger partial charge is 0.478 e. The van der Waals surface area contributed by atoms with E-state index in [-0.39, 0.29) is 42.3 Å². The van der Waals surface area contributed by atoms with E-state index in [1.807, 2.05) is 0 Å². The van der Waals surface area contributed by atoms with Crippen molar-refractivity contribution in [2.75, 3.05) is 18.0 Å². The molecule has 0 bridgehead atoms. The summed E-state index contributed by atoms with van der Waals surface area (Å²) in [7, 11) is 0. The molecular weight excluding hydrogens is 674 g/mol. The van der Waals surface area contributed by atoms with Crippen molar-refractivity contribution in [1.29, 1.82) is 0 Å². The number of allylic oxidation sites excluding steroid dienone is 2. The summed E-state index contributed by atoms with van der Waals surface area (Å²) in [6.07, 6.45) is 8.21. The van der Waals surface area contributed by atoms with Gasteiger partial charge in [-0.25, -0.2) is 9.37 Å². The predicted molar refractivity (Wildman–Crippen MR) is 193 cm³/mol. The first-order valence-corrected chi connectivity index (χ1v) is 17.6. The van der Waals surface area contributed by atoms with Crippen molar-refractivity contribution in [3.8, 4) is 11.5 Å². The summed E-state index contributed by atoms with van der Waals surface area (Å²) >= 11 is 27.0. The molecule has 0 fully saturated rings. The molecule has 0 aliphatic carbocycles. The summed E-state index contributed by atoms with van der Waals surface area (Å²) in [4.78, 5) is 15.5. The zero-order valence-electron chi connectivity index (χ0n) is 27.2. The van der Waals surface area contributed by atoms with Crippen LogP contribution in [-0.2, 0) is 12.8 Å². The monoisotopic (exact) mass is 707 g/mol. The van der Waals surface area contributed by atoms with Gasteiger partial charge in [-0.1, -0.05) is 52.5 Å². The van der Waals surface area contributed by atoms with Crippen molar-refractivity contribution in [1.82, 2.24) is 4.58 Å². The normalized spacial score (nSPS) is 19.6. The van der Waals surface area contributed by atoms with Crippen molar-refractivity contribution >= 4 is 74.8 Å². The molecule has 8 rings (SSSR count). The van der Waals surface area contributed by atoms with E-state index in [2.05, 4.69) is 75.3 Å². The lowest BCUT2D eigenvalue weighted by atomic mass is 9.78. The van der Waals surface area contributed by atoms with Crippen molar-refractivity contribution < 1.29 is 14.6 Å². The lowest BCUT2D eigenvalue weighted by Gasteiger charge is -2.47. The predicted octanol–water partition coefficient (Wildman–Crippen LogP) is 8.93. The number of hydrogen-bond acceptors (Lipinski definition) is 3. The van der Waals surface area contributed by atoms with Gasteiger partial charge in [-0.05, 0) is 76.3 Å². The molecule has 47 heavy (non-hydrogen) atoms. The number of nitrogens with zero attached hydrogens (tertiary/aromatic N) is 2. The first-order valence-electron chi connectivity index (χ1n) is 16.1. The molecule has 242 valence electrons. The smallest absolute Gasteiger partial charge is 0.337 e. The Morgan fingerprint density at radius 2 is 1.53 bits per heavy atom. The summed E-state index contributed by atoms with van der Waals surface area (Å²) in [6, 6.07) is 4.29. The number of carbonyl (C=O) groups is 1. The molecule has 3 aromatic rings. The zero-order chi connectivity index (χ0) is 33.5. The molecule has 5 aliphatic rings. The van der Waals surface area contributed by atoms with Crippen LogP contribution >= 0.6 is 46.4 Å². The van der Waals surface area contributed by atoms with Crippen LogP contribution in [0.15, 0.2) is 24.3 Å². The summed E-state index contributed by atoms with van der Waals surface area (Å²) in [5, 5.41) is 12.5. The second-order valence-corrected chi connectivity index (χ2v) is 16.0. The summed E-state index contributed by atoms with van der Waals surface area (Å²) in [5.41, 5.74) is 9.11. The Bertz CT molecular complexity index is 2230. The molecule has 0 amide bonds.